The van der Waals surface area contributed by atoms with Gasteiger partial charge in [0.1, 0.15) is 0 Å². The van der Waals surface area contributed by atoms with Crippen LogP contribution in [-0.2, 0) is 0 Å². The first-order chi connectivity index (χ1) is 6.31. The van der Waals surface area contributed by atoms with Crippen molar-refractivity contribution in [2.45, 2.75) is 6.92 Å². The second-order valence-corrected chi connectivity index (χ2v) is 3.57. The highest BCUT2D eigenvalue weighted by Gasteiger charge is 2.15. The Morgan fingerprint density at radius 1 is 1.38 bits per heavy atom. The van der Waals surface area contributed by atoms with E-state index in [1.165, 1.54) is 0 Å². The molecule has 0 saturated carbocycles. The lowest BCUT2D eigenvalue weighted by Crippen LogP contribution is -1.97. The highest BCUT2D eigenvalue weighted by molar-refractivity contribution is 9.10. The summed E-state index contributed by atoms with van der Waals surface area (Å²) < 4.78 is 11.5. The number of ether oxygens (including phenoxy) is 2. The van der Waals surface area contributed by atoms with Crippen molar-refractivity contribution in [2.24, 2.45) is 0 Å². The minimum absolute atomic E-state index is 0.317. The zero-order valence-corrected chi connectivity index (χ0v) is 8.85. The Morgan fingerprint density at radius 2 is 2.08 bits per heavy atom. The predicted octanol–water partition coefficient (Wildman–Crippen LogP) is 2.61. The van der Waals surface area contributed by atoms with Crippen molar-refractivity contribution < 1.29 is 9.47 Å². The van der Waals surface area contributed by atoms with Gasteiger partial charge in [-0.25, -0.2) is 0 Å². The first-order valence-corrected chi connectivity index (χ1v) is 4.93. The molecule has 3 nitrogen and oxygen atoms in total. The molecule has 0 unspecified atom stereocenters. The number of nitrogens with one attached hydrogen (secondary N) is 1. The van der Waals surface area contributed by atoms with Crippen molar-refractivity contribution in [1.82, 2.24) is 0 Å². The van der Waals surface area contributed by atoms with Crippen molar-refractivity contribution in [3.63, 3.8) is 0 Å². The van der Waals surface area contributed by atoms with E-state index in [-0.39, 0.29) is 0 Å². The molecule has 1 aliphatic heterocycles. The molecular formula is C9H10BrNO2. The average molecular weight is 244 g/mol. The Bertz CT molecular complexity index is 328. The van der Waals surface area contributed by atoms with E-state index in [1.807, 2.05) is 12.1 Å². The molecule has 1 aromatic carbocycles. The molecule has 0 fully saturated rings. The topological polar surface area (TPSA) is 30.5 Å². The van der Waals surface area contributed by atoms with Gasteiger partial charge in [0.2, 0.25) is 6.79 Å². The number of benzene rings is 1. The maximum Gasteiger partial charge on any atom is 0.231 e. The maximum atomic E-state index is 5.26. The fourth-order valence-corrected chi connectivity index (χ4v) is 1.71. The quantitative estimate of drug-likeness (QED) is 0.867. The molecule has 0 saturated heterocycles. The van der Waals surface area contributed by atoms with E-state index in [2.05, 4.69) is 28.2 Å². The number of anilines is 1. The molecule has 0 aliphatic carbocycles. The summed E-state index contributed by atoms with van der Waals surface area (Å²) in [6, 6.07) is 3.86. The van der Waals surface area contributed by atoms with E-state index in [9.17, 15) is 0 Å². The van der Waals surface area contributed by atoms with Gasteiger partial charge in [0.25, 0.3) is 0 Å². The van der Waals surface area contributed by atoms with Crippen LogP contribution in [0.4, 0.5) is 5.69 Å². The number of hydrogen-bond acceptors (Lipinski definition) is 3. The van der Waals surface area contributed by atoms with Crippen molar-refractivity contribution in [3.8, 4) is 11.5 Å². The van der Waals surface area contributed by atoms with Crippen LogP contribution < -0.4 is 14.8 Å². The van der Waals surface area contributed by atoms with Gasteiger partial charge in [0.15, 0.2) is 11.5 Å². The van der Waals surface area contributed by atoms with Crippen LogP contribution in [0.1, 0.15) is 6.92 Å². The Labute approximate surface area is 85.2 Å². The van der Waals surface area contributed by atoms with Crippen molar-refractivity contribution >= 4 is 21.6 Å². The summed E-state index contributed by atoms with van der Waals surface area (Å²) in [4.78, 5) is 0. The summed E-state index contributed by atoms with van der Waals surface area (Å²) in [6.07, 6.45) is 0. The van der Waals surface area contributed by atoms with Gasteiger partial charge in [0.05, 0.1) is 5.69 Å². The lowest BCUT2D eigenvalue weighted by atomic mass is 10.3. The first kappa shape index (κ1) is 8.69. The molecular weight excluding hydrogens is 234 g/mol. The molecule has 1 N–H and O–H groups in total. The molecule has 13 heavy (non-hydrogen) atoms. The zero-order valence-electron chi connectivity index (χ0n) is 7.26. The van der Waals surface area contributed by atoms with Crippen LogP contribution >= 0.6 is 15.9 Å². The molecule has 0 bridgehead atoms. The Balaban J connectivity index is 2.37. The summed E-state index contributed by atoms with van der Waals surface area (Å²) >= 11 is 3.45. The van der Waals surface area contributed by atoms with E-state index in [0.717, 1.165) is 28.2 Å². The largest absolute Gasteiger partial charge is 0.454 e. The second kappa shape index (κ2) is 3.46. The Morgan fingerprint density at radius 3 is 2.77 bits per heavy atom. The van der Waals surface area contributed by atoms with Crippen LogP contribution in [0.15, 0.2) is 16.6 Å². The Kier molecular flexibility index (Phi) is 2.31. The van der Waals surface area contributed by atoms with Crippen molar-refractivity contribution in [2.75, 3.05) is 18.7 Å². The smallest absolute Gasteiger partial charge is 0.231 e. The Hall–Kier alpha value is -0.900. The van der Waals surface area contributed by atoms with Crippen molar-refractivity contribution in [1.29, 1.82) is 0 Å². The number of rotatable bonds is 2. The van der Waals surface area contributed by atoms with Gasteiger partial charge >= 0.3 is 0 Å². The predicted molar refractivity (Wildman–Crippen MR) is 54.4 cm³/mol. The molecule has 1 aromatic rings. The molecule has 0 aromatic heterocycles. The lowest BCUT2D eigenvalue weighted by molar-refractivity contribution is 0.174. The fourth-order valence-electron chi connectivity index (χ4n) is 1.24. The van der Waals surface area contributed by atoms with Gasteiger partial charge in [-0.05, 0) is 22.9 Å². The molecule has 70 valence electrons. The van der Waals surface area contributed by atoms with Crippen LogP contribution in [-0.4, -0.2) is 13.3 Å². The highest BCUT2D eigenvalue weighted by Crippen LogP contribution is 2.39. The average Bonchev–Trinajstić information content (AvgIpc) is 2.52. The molecule has 0 radical (unpaired) electrons. The summed E-state index contributed by atoms with van der Waals surface area (Å²) in [7, 11) is 0. The molecule has 0 spiro atoms. The van der Waals surface area contributed by atoms with Gasteiger partial charge in [-0.3, -0.25) is 0 Å². The monoisotopic (exact) mass is 243 g/mol. The first-order valence-electron chi connectivity index (χ1n) is 4.14. The van der Waals surface area contributed by atoms with E-state index in [4.69, 9.17) is 9.47 Å². The number of hydrogen-bond donors (Lipinski definition) is 1. The van der Waals surface area contributed by atoms with E-state index < -0.39 is 0 Å². The SMILES string of the molecule is CCNc1cc2c(cc1Br)OCO2. The van der Waals surface area contributed by atoms with E-state index in [0.29, 0.717) is 6.79 Å². The molecule has 1 heterocycles. The summed E-state index contributed by atoms with van der Waals surface area (Å²) in [5.41, 5.74) is 1.03. The maximum absolute atomic E-state index is 5.26. The van der Waals surface area contributed by atoms with E-state index in [1.54, 1.807) is 0 Å². The normalized spacial score (nSPS) is 13.1. The molecule has 2 rings (SSSR count). The molecule has 1 aliphatic rings. The standard InChI is InChI=1S/C9H10BrNO2/c1-2-11-7-4-9-8(3-6(7)10)12-5-13-9/h3-4,11H,2,5H2,1H3. The molecule has 4 heteroatoms. The van der Waals surface area contributed by atoms with Crippen molar-refractivity contribution in [3.05, 3.63) is 16.6 Å². The highest BCUT2D eigenvalue weighted by atomic mass is 79.9. The molecule has 0 amide bonds. The summed E-state index contributed by atoms with van der Waals surface area (Å²) in [5, 5.41) is 3.22. The third-order valence-electron chi connectivity index (χ3n) is 1.83. The zero-order chi connectivity index (χ0) is 9.26. The number of halogens is 1. The minimum Gasteiger partial charge on any atom is -0.454 e. The van der Waals surface area contributed by atoms with Crippen LogP contribution in [0.5, 0.6) is 11.5 Å². The minimum atomic E-state index is 0.317. The van der Waals surface area contributed by atoms with Crippen LogP contribution in [0.25, 0.3) is 0 Å². The van der Waals surface area contributed by atoms with Crippen LogP contribution in [0.3, 0.4) is 0 Å². The summed E-state index contributed by atoms with van der Waals surface area (Å²) in [6.45, 7) is 3.26. The summed E-state index contributed by atoms with van der Waals surface area (Å²) in [5.74, 6) is 1.60. The third kappa shape index (κ3) is 1.58. The van der Waals surface area contributed by atoms with Crippen LogP contribution in [0.2, 0.25) is 0 Å². The van der Waals surface area contributed by atoms with Gasteiger partial charge in [0, 0.05) is 23.2 Å². The lowest BCUT2D eigenvalue weighted by Gasteiger charge is -2.06. The molecule has 0 atom stereocenters. The van der Waals surface area contributed by atoms with Gasteiger partial charge in [-0.15, -0.1) is 0 Å². The van der Waals surface area contributed by atoms with Gasteiger partial charge in [-0.2, -0.15) is 0 Å². The van der Waals surface area contributed by atoms with Gasteiger partial charge in [-0.1, -0.05) is 0 Å². The number of fused-ring (bicyclic) bond motifs is 1. The van der Waals surface area contributed by atoms with E-state index >= 15 is 0 Å². The van der Waals surface area contributed by atoms with Crippen LogP contribution in [0, 0.1) is 0 Å². The second-order valence-electron chi connectivity index (χ2n) is 2.72. The van der Waals surface area contributed by atoms with Gasteiger partial charge < -0.3 is 14.8 Å². The third-order valence-corrected chi connectivity index (χ3v) is 2.49. The fraction of sp³-hybridized carbons (Fsp3) is 0.333.